The molecule has 7 nitrogen and oxygen atoms in total. The van der Waals surface area contributed by atoms with Crippen LogP contribution in [0.3, 0.4) is 0 Å². The van der Waals surface area contributed by atoms with Gasteiger partial charge >= 0.3 is 0 Å². The third kappa shape index (κ3) is 5.10. The summed E-state index contributed by atoms with van der Waals surface area (Å²) in [5.41, 5.74) is 5.06. The second-order valence-electron chi connectivity index (χ2n) is 4.47. The predicted octanol–water partition coefficient (Wildman–Crippen LogP) is 1.43. The van der Waals surface area contributed by atoms with Crippen LogP contribution in [0.1, 0.15) is 6.42 Å². The zero-order chi connectivity index (χ0) is 15.9. The lowest BCUT2D eigenvalue weighted by Crippen LogP contribution is -2.20. The van der Waals surface area contributed by atoms with Crippen LogP contribution in [0.4, 0.5) is 5.82 Å². The minimum atomic E-state index is -0.405. The molecule has 1 heterocycles. The van der Waals surface area contributed by atoms with Gasteiger partial charge in [-0.1, -0.05) is 11.6 Å². The molecule has 0 bridgehead atoms. The van der Waals surface area contributed by atoms with Gasteiger partial charge in [0, 0.05) is 30.3 Å². The number of halogens is 1. The highest BCUT2D eigenvalue weighted by molar-refractivity contribution is 6.30. The molecule has 8 heteroatoms. The molecule has 0 atom stereocenters. The first kappa shape index (κ1) is 15.8. The highest BCUT2D eigenvalue weighted by atomic mass is 35.5. The zero-order valence-corrected chi connectivity index (χ0v) is 12.4. The Morgan fingerprint density at radius 2 is 2.00 bits per heavy atom. The van der Waals surface area contributed by atoms with E-state index < -0.39 is 5.91 Å². The summed E-state index contributed by atoms with van der Waals surface area (Å²) in [4.78, 5) is 22.4. The van der Waals surface area contributed by atoms with E-state index in [4.69, 9.17) is 22.1 Å². The molecule has 1 aromatic heterocycles. The lowest BCUT2D eigenvalue weighted by Gasteiger charge is -2.06. The number of hydrogen-bond donors (Lipinski definition) is 2. The van der Waals surface area contributed by atoms with Gasteiger partial charge in [0.15, 0.2) is 12.4 Å². The highest BCUT2D eigenvalue weighted by Crippen LogP contribution is 2.15. The van der Waals surface area contributed by atoms with E-state index in [9.17, 15) is 9.59 Å². The van der Waals surface area contributed by atoms with Crippen LogP contribution in [0.2, 0.25) is 5.02 Å². The van der Waals surface area contributed by atoms with Crippen molar-refractivity contribution in [1.29, 1.82) is 0 Å². The van der Waals surface area contributed by atoms with Crippen LogP contribution in [0.15, 0.2) is 36.5 Å². The van der Waals surface area contributed by atoms with E-state index in [1.165, 1.54) is 4.68 Å². The summed E-state index contributed by atoms with van der Waals surface area (Å²) in [7, 11) is 0. The number of nitrogens with one attached hydrogen (secondary N) is 1. The number of carbonyl (C=O) groups is 2. The fourth-order valence-corrected chi connectivity index (χ4v) is 1.76. The van der Waals surface area contributed by atoms with E-state index >= 15 is 0 Å². The Hall–Kier alpha value is -2.54. The lowest BCUT2D eigenvalue weighted by atomic mass is 10.3. The first-order chi connectivity index (χ1) is 10.5. The van der Waals surface area contributed by atoms with E-state index in [1.54, 1.807) is 36.5 Å². The summed E-state index contributed by atoms with van der Waals surface area (Å²) in [5, 5.41) is 7.28. The molecular weight excluding hydrogens is 308 g/mol. The van der Waals surface area contributed by atoms with Gasteiger partial charge < -0.3 is 15.8 Å². The van der Waals surface area contributed by atoms with Gasteiger partial charge in [-0.25, -0.2) is 0 Å². The monoisotopic (exact) mass is 322 g/mol. The van der Waals surface area contributed by atoms with Gasteiger partial charge in [0.1, 0.15) is 5.75 Å². The number of amides is 2. The quantitative estimate of drug-likeness (QED) is 0.805. The van der Waals surface area contributed by atoms with Crippen molar-refractivity contribution in [3.8, 4) is 5.75 Å². The molecule has 1 aromatic carbocycles. The summed E-state index contributed by atoms with van der Waals surface area (Å²) in [6.45, 7) is 0.224. The number of hydrogen-bond acceptors (Lipinski definition) is 4. The number of nitrogens with zero attached hydrogens (tertiary/aromatic N) is 2. The SMILES string of the molecule is NC(=O)CCn1ccc(NC(=O)COc2ccc(Cl)cc2)n1. The normalized spacial score (nSPS) is 10.2. The van der Waals surface area contributed by atoms with Crippen molar-refractivity contribution in [3.63, 3.8) is 0 Å². The highest BCUT2D eigenvalue weighted by Gasteiger charge is 2.06. The van der Waals surface area contributed by atoms with Crippen LogP contribution in [0, 0.1) is 0 Å². The molecule has 116 valence electrons. The molecule has 2 amide bonds. The fraction of sp³-hybridized carbons (Fsp3) is 0.214. The van der Waals surface area contributed by atoms with E-state index in [0.29, 0.717) is 23.1 Å². The van der Waals surface area contributed by atoms with Crippen LogP contribution in [0.25, 0.3) is 0 Å². The van der Waals surface area contributed by atoms with Crippen LogP contribution < -0.4 is 15.8 Å². The number of primary amides is 1. The number of ether oxygens (including phenoxy) is 1. The second kappa shape index (κ2) is 7.46. The summed E-state index contributed by atoms with van der Waals surface area (Å²) in [5.74, 6) is 0.188. The van der Waals surface area contributed by atoms with Gasteiger partial charge in [0.25, 0.3) is 5.91 Å². The van der Waals surface area contributed by atoms with Crippen LogP contribution >= 0.6 is 11.6 Å². The van der Waals surface area contributed by atoms with Crippen LogP contribution in [-0.4, -0.2) is 28.2 Å². The van der Waals surface area contributed by atoms with Crippen LogP contribution in [0.5, 0.6) is 5.75 Å². The zero-order valence-electron chi connectivity index (χ0n) is 11.7. The maximum Gasteiger partial charge on any atom is 0.263 e. The van der Waals surface area contributed by atoms with Crippen molar-refractivity contribution in [1.82, 2.24) is 9.78 Å². The molecule has 2 rings (SSSR count). The summed E-state index contributed by atoms with van der Waals surface area (Å²) in [6.07, 6.45) is 1.84. The van der Waals surface area contributed by atoms with Crippen molar-refractivity contribution in [2.24, 2.45) is 5.73 Å². The Kier molecular flexibility index (Phi) is 5.37. The first-order valence-electron chi connectivity index (χ1n) is 6.53. The Morgan fingerprint density at radius 3 is 2.68 bits per heavy atom. The largest absolute Gasteiger partial charge is 0.484 e. The van der Waals surface area contributed by atoms with Crippen molar-refractivity contribution >= 4 is 29.2 Å². The molecule has 0 fully saturated rings. The molecule has 0 aliphatic carbocycles. The van der Waals surface area contributed by atoms with Gasteiger partial charge in [-0.15, -0.1) is 0 Å². The number of rotatable bonds is 7. The standard InChI is InChI=1S/C14H15ClN4O3/c15-10-1-3-11(4-2-10)22-9-14(21)17-13-6-8-19(18-13)7-5-12(16)20/h1-4,6,8H,5,7,9H2,(H2,16,20)(H,17,18,21). The van der Waals surface area contributed by atoms with Gasteiger partial charge in [-0.05, 0) is 24.3 Å². The summed E-state index contributed by atoms with van der Waals surface area (Å²) >= 11 is 5.75. The molecular formula is C14H15ClN4O3. The van der Waals surface area contributed by atoms with Crippen molar-refractivity contribution in [2.75, 3.05) is 11.9 Å². The second-order valence-corrected chi connectivity index (χ2v) is 4.91. The molecule has 3 N–H and O–H groups in total. The predicted molar refractivity (Wildman–Crippen MR) is 81.6 cm³/mol. The fourth-order valence-electron chi connectivity index (χ4n) is 1.64. The third-order valence-electron chi connectivity index (χ3n) is 2.68. The van der Waals surface area contributed by atoms with Gasteiger partial charge in [-0.2, -0.15) is 5.10 Å². The molecule has 0 aliphatic heterocycles. The number of aromatic nitrogens is 2. The molecule has 0 unspecified atom stereocenters. The average molecular weight is 323 g/mol. The van der Waals surface area contributed by atoms with E-state index in [0.717, 1.165) is 0 Å². The Bertz CT molecular complexity index is 654. The molecule has 0 saturated heterocycles. The van der Waals surface area contributed by atoms with Crippen molar-refractivity contribution in [2.45, 2.75) is 13.0 Å². The smallest absolute Gasteiger partial charge is 0.263 e. The van der Waals surface area contributed by atoms with Gasteiger partial charge in [0.2, 0.25) is 5.91 Å². The average Bonchev–Trinajstić information content (AvgIpc) is 2.92. The topological polar surface area (TPSA) is 99.2 Å². The molecule has 0 radical (unpaired) electrons. The number of anilines is 1. The van der Waals surface area contributed by atoms with Crippen molar-refractivity contribution in [3.05, 3.63) is 41.6 Å². The third-order valence-corrected chi connectivity index (χ3v) is 2.93. The Labute approximate surface area is 132 Å². The Balaban J connectivity index is 1.79. The van der Waals surface area contributed by atoms with Crippen molar-refractivity contribution < 1.29 is 14.3 Å². The number of nitrogens with two attached hydrogens (primary N) is 1. The van der Waals surface area contributed by atoms with Gasteiger partial charge in [0.05, 0.1) is 0 Å². The molecule has 2 aromatic rings. The maximum absolute atomic E-state index is 11.7. The maximum atomic E-state index is 11.7. The minimum absolute atomic E-state index is 0.143. The number of aryl methyl sites for hydroxylation is 1. The summed E-state index contributed by atoms with van der Waals surface area (Å²) in [6, 6.07) is 8.33. The molecule has 0 aliphatic rings. The lowest BCUT2D eigenvalue weighted by molar-refractivity contribution is -0.119. The van der Waals surface area contributed by atoms with E-state index in [-0.39, 0.29) is 18.9 Å². The number of benzene rings is 1. The number of carbonyl (C=O) groups excluding carboxylic acids is 2. The Morgan fingerprint density at radius 1 is 1.27 bits per heavy atom. The minimum Gasteiger partial charge on any atom is -0.484 e. The van der Waals surface area contributed by atoms with E-state index in [1.807, 2.05) is 0 Å². The van der Waals surface area contributed by atoms with E-state index in [2.05, 4.69) is 10.4 Å². The van der Waals surface area contributed by atoms with Gasteiger partial charge in [-0.3, -0.25) is 14.3 Å². The molecule has 0 saturated carbocycles. The first-order valence-corrected chi connectivity index (χ1v) is 6.91. The summed E-state index contributed by atoms with van der Waals surface area (Å²) < 4.78 is 6.84. The van der Waals surface area contributed by atoms with Crippen LogP contribution in [-0.2, 0) is 16.1 Å². The molecule has 22 heavy (non-hydrogen) atoms. The molecule has 0 spiro atoms.